The Labute approximate surface area is 110 Å². The summed E-state index contributed by atoms with van der Waals surface area (Å²) in [6.07, 6.45) is 2.38. The number of carbonyl (C=O) groups is 1. The number of amides is 1. The summed E-state index contributed by atoms with van der Waals surface area (Å²) in [5, 5.41) is 12.6. The Morgan fingerprint density at radius 1 is 1.47 bits per heavy atom. The second kappa shape index (κ2) is 7.08. The van der Waals surface area contributed by atoms with Crippen molar-refractivity contribution in [2.45, 2.75) is 26.2 Å². The molecule has 17 heavy (non-hydrogen) atoms. The van der Waals surface area contributed by atoms with Crippen LogP contribution >= 0.6 is 15.9 Å². The van der Waals surface area contributed by atoms with Crippen molar-refractivity contribution >= 4 is 27.5 Å². The predicted octanol–water partition coefficient (Wildman–Crippen LogP) is 3.37. The number of alkyl halides is 1. The molecule has 1 aromatic rings. The van der Waals surface area contributed by atoms with Gasteiger partial charge in [-0.05, 0) is 37.5 Å². The topological polar surface area (TPSA) is 52.9 Å². The summed E-state index contributed by atoms with van der Waals surface area (Å²) in [5.41, 5.74) is 2.26. The lowest BCUT2D eigenvalue weighted by Crippen LogP contribution is -2.12. The average molecular weight is 295 g/mol. The predicted molar refractivity (Wildman–Crippen MR) is 72.2 cm³/mol. The number of nitrogens with zero attached hydrogens (tertiary/aromatic N) is 1. The standard InChI is InChI=1S/C13H15BrN2O/c1-10-5-6-11(9-15)8-12(10)16-13(17)4-2-3-7-14/h5-6,8H,2-4,7H2,1H3,(H,16,17). The summed E-state index contributed by atoms with van der Waals surface area (Å²) in [7, 11) is 0. The number of nitrogens with one attached hydrogen (secondary N) is 1. The van der Waals surface area contributed by atoms with E-state index in [-0.39, 0.29) is 5.91 Å². The molecule has 1 amide bonds. The van der Waals surface area contributed by atoms with Crippen LogP contribution in [0.5, 0.6) is 0 Å². The molecule has 0 aliphatic heterocycles. The Bertz CT molecular complexity index is 438. The van der Waals surface area contributed by atoms with Crippen molar-refractivity contribution in [3.63, 3.8) is 0 Å². The zero-order valence-electron chi connectivity index (χ0n) is 9.79. The Balaban J connectivity index is 2.61. The van der Waals surface area contributed by atoms with Crippen molar-refractivity contribution in [1.29, 1.82) is 5.26 Å². The van der Waals surface area contributed by atoms with E-state index in [2.05, 4.69) is 27.3 Å². The first-order valence-corrected chi connectivity index (χ1v) is 6.66. The van der Waals surface area contributed by atoms with Crippen LogP contribution in [0.2, 0.25) is 0 Å². The molecule has 0 aliphatic rings. The first-order chi connectivity index (χ1) is 8.17. The smallest absolute Gasteiger partial charge is 0.224 e. The molecule has 1 rings (SSSR count). The number of benzene rings is 1. The van der Waals surface area contributed by atoms with Crippen molar-refractivity contribution < 1.29 is 4.79 Å². The summed E-state index contributed by atoms with van der Waals surface area (Å²) in [6.45, 7) is 1.91. The summed E-state index contributed by atoms with van der Waals surface area (Å²) in [6, 6.07) is 7.35. The molecule has 0 radical (unpaired) electrons. The van der Waals surface area contributed by atoms with Crippen molar-refractivity contribution in [2.24, 2.45) is 0 Å². The van der Waals surface area contributed by atoms with Crippen LogP contribution in [0.4, 0.5) is 5.69 Å². The van der Waals surface area contributed by atoms with Crippen LogP contribution in [0.25, 0.3) is 0 Å². The molecule has 0 bridgehead atoms. The molecule has 0 heterocycles. The van der Waals surface area contributed by atoms with Crippen molar-refractivity contribution in [3.05, 3.63) is 29.3 Å². The zero-order chi connectivity index (χ0) is 12.7. The van der Waals surface area contributed by atoms with E-state index in [1.54, 1.807) is 12.1 Å². The SMILES string of the molecule is Cc1ccc(C#N)cc1NC(=O)CCCCBr. The van der Waals surface area contributed by atoms with Gasteiger partial charge in [-0.25, -0.2) is 0 Å². The first kappa shape index (κ1) is 13.7. The number of hydrogen-bond acceptors (Lipinski definition) is 2. The number of halogens is 1. The van der Waals surface area contributed by atoms with Gasteiger partial charge < -0.3 is 5.32 Å². The number of hydrogen-bond donors (Lipinski definition) is 1. The third kappa shape index (κ3) is 4.58. The van der Waals surface area contributed by atoms with Crippen molar-refractivity contribution in [1.82, 2.24) is 0 Å². The molecule has 0 unspecified atom stereocenters. The highest BCUT2D eigenvalue weighted by Gasteiger charge is 2.05. The highest BCUT2D eigenvalue weighted by atomic mass is 79.9. The van der Waals surface area contributed by atoms with E-state index in [0.717, 1.165) is 29.4 Å². The van der Waals surface area contributed by atoms with Crippen LogP contribution in [0.1, 0.15) is 30.4 Å². The molecule has 1 N–H and O–H groups in total. The molecule has 3 nitrogen and oxygen atoms in total. The van der Waals surface area contributed by atoms with Gasteiger partial charge >= 0.3 is 0 Å². The number of carbonyl (C=O) groups excluding carboxylic acids is 1. The highest BCUT2D eigenvalue weighted by Crippen LogP contribution is 2.17. The molecule has 4 heteroatoms. The minimum atomic E-state index is 0.00383. The monoisotopic (exact) mass is 294 g/mol. The molecule has 0 aromatic heterocycles. The average Bonchev–Trinajstić information content (AvgIpc) is 2.32. The number of anilines is 1. The summed E-state index contributed by atoms with van der Waals surface area (Å²) in [5.74, 6) is 0.00383. The summed E-state index contributed by atoms with van der Waals surface area (Å²) in [4.78, 5) is 11.6. The minimum Gasteiger partial charge on any atom is -0.326 e. The van der Waals surface area contributed by atoms with Crippen LogP contribution in [0.3, 0.4) is 0 Å². The fourth-order valence-electron chi connectivity index (χ4n) is 1.42. The van der Waals surface area contributed by atoms with Crippen LogP contribution in [0, 0.1) is 18.3 Å². The van der Waals surface area contributed by atoms with E-state index in [0.29, 0.717) is 12.0 Å². The number of rotatable bonds is 5. The van der Waals surface area contributed by atoms with Gasteiger partial charge in [0.05, 0.1) is 11.6 Å². The second-order valence-electron chi connectivity index (χ2n) is 3.84. The Kier molecular flexibility index (Phi) is 5.71. The van der Waals surface area contributed by atoms with Crippen LogP contribution < -0.4 is 5.32 Å². The van der Waals surface area contributed by atoms with E-state index >= 15 is 0 Å². The molecule has 0 saturated heterocycles. The van der Waals surface area contributed by atoms with E-state index in [1.807, 2.05) is 13.0 Å². The van der Waals surface area contributed by atoms with Gasteiger partial charge in [0.25, 0.3) is 0 Å². The molecule has 0 aliphatic carbocycles. The summed E-state index contributed by atoms with van der Waals surface area (Å²) < 4.78 is 0. The quantitative estimate of drug-likeness (QED) is 0.669. The van der Waals surface area contributed by atoms with Crippen LogP contribution in [-0.4, -0.2) is 11.2 Å². The lowest BCUT2D eigenvalue weighted by atomic mass is 10.1. The number of nitriles is 1. The maximum Gasteiger partial charge on any atom is 0.224 e. The van der Waals surface area contributed by atoms with Gasteiger partial charge in [-0.3, -0.25) is 4.79 Å². The number of unbranched alkanes of at least 4 members (excludes halogenated alkanes) is 1. The van der Waals surface area contributed by atoms with Gasteiger partial charge in [0.15, 0.2) is 0 Å². The van der Waals surface area contributed by atoms with E-state index in [9.17, 15) is 4.79 Å². The Morgan fingerprint density at radius 2 is 2.24 bits per heavy atom. The van der Waals surface area contributed by atoms with E-state index in [4.69, 9.17) is 5.26 Å². The van der Waals surface area contributed by atoms with Crippen LogP contribution in [-0.2, 0) is 4.79 Å². The Hall–Kier alpha value is -1.34. The molecular formula is C13H15BrN2O. The normalized spacial score (nSPS) is 9.71. The molecular weight excluding hydrogens is 280 g/mol. The van der Waals surface area contributed by atoms with Gasteiger partial charge in [0.1, 0.15) is 0 Å². The summed E-state index contributed by atoms with van der Waals surface area (Å²) >= 11 is 3.33. The third-order valence-corrected chi connectivity index (χ3v) is 2.99. The first-order valence-electron chi connectivity index (χ1n) is 5.54. The Morgan fingerprint density at radius 3 is 2.88 bits per heavy atom. The van der Waals surface area contributed by atoms with E-state index in [1.165, 1.54) is 0 Å². The van der Waals surface area contributed by atoms with Crippen molar-refractivity contribution in [2.75, 3.05) is 10.6 Å². The van der Waals surface area contributed by atoms with Gasteiger partial charge in [-0.15, -0.1) is 0 Å². The molecule has 0 saturated carbocycles. The minimum absolute atomic E-state index is 0.00383. The van der Waals surface area contributed by atoms with Gasteiger partial charge in [-0.1, -0.05) is 22.0 Å². The molecule has 0 atom stereocenters. The maximum absolute atomic E-state index is 11.6. The van der Waals surface area contributed by atoms with E-state index < -0.39 is 0 Å². The lowest BCUT2D eigenvalue weighted by Gasteiger charge is -2.08. The fourth-order valence-corrected chi connectivity index (χ4v) is 1.82. The van der Waals surface area contributed by atoms with Gasteiger partial charge in [0, 0.05) is 17.4 Å². The van der Waals surface area contributed by atoms with Crippen molar-refractivity contribution in [3.8, 4) is 6.07 Å². The second-order valence-corrected chi connectivity index (χ2v) is 4.63. The molecule has 90 valence electrons. The van der Waals surface area contributed by atoms with Gasteiger partial charge in [-0.2, -0.15) is 5.26 Å². The third-order valence-electron chi connectivity index (χ3n) is 2.43. The zero-order valence-corrected chi connectivity index (χ0v) is 11.4. The molecule has 0 spiro atoms. The number of aryl methyl sites for hydroxylation is 1. The lowest BCUT2D eigenvalue weighted by molar-refractivity contribution is -0.116. The van der Waals surface area contributed by atoms with Gasteiger partial charge in [0.2, 0.25) is 5.91 Å². The maximum atomic E-state index is 11.6. The molecule has 0 fully saturated rings. The fraction of sp³-hybridized carbons (Fsp3) is 0.385. The largest absolute Gasteiger partial charge is 0.326 e. The van der Waals surface area contributed by atoms with Crippen LogP contribution in [0.15, 0.2) is 18.2 Å². The highest BCUT2D eigenvalue weighted by molar-refractivity contribution is 9.09. The molecule has 1 aromatic carbocycles.